The summed E-state index contributed by atoms with van der Waals surface area (Å²) in [6.07, 6.45) is 3.25. The van der Waals surface area contributed by atoms with Crippen LogP contribution in [0.15, 0.2) is 84.9 Å². The molecule has 0 aromatic heterocycles. The molecule has 2 amide bonds. The molecule has 3 aromatic carbocycles. The molecule has 3 rings (SSSR count). The minimum Gasteiger partial charge on any atom is -0.479 e. The molecule has 166 valence electrons. The molecule has 0 fully saturated rings. The molecule has 33 heavy (non-hydrogen) atoms. The van der Waals surface area contributed by atoms with Gasteiger partial charge in [0.1, 0.15) is 11.8 Å². The quantitative estimate of drug-likeness (QED) is 0.497. The van der Waals surface area contributed by atoms with E-state index in [2.05, 4.69) is 5.32 Å². The first-order valence-corrected chi connectivity index (χ1v) is 10.5. The summed E-state index contributed by atoms with van der Waals surface area (Å²) in [5.74, 6) is 0.271. The Labute approximate surface area is 193 Å². The topological polar surface area (TPSA) is 82.4 Å². The normalized spacial score (nSPS) is 11.4. The molecule has 3 aromatic rings. The van der Waals surface area contributed by atoms with E-state index in [4.69, 9.17) is 10.00 Å². The number of rotatable bonds is 8. The fourth-order valence-electron chi connectivity index (χ4n) is 3.16. The predicted octanol–water partition coefficient (Wildman–Crippen LogP) is 5.07. The van der Waals surface area contributed by atoms with Crippen molar-refractivity contribution in [3.63, 3.8) is 0 Å². The van der Waals surface area contributed by atoms with Gasteiger partial charge < -0.3 is 15.0 Å². The molecular weight excluding hydrogens is 414 g/mol. The number of hydrogen-bond donors (Lipinski definition) is 1. The molecule has 0 aliphatic carbocycles. The van der Waals surface area contributed by atoms with E-state index in [9.17, 15) is 9.59 Å². The van der Waals surface area contributed by atoms with Crippen molar-refractivity contribution in [1.29, 1.82) is 5.26 Å². The lowest BCUT2D eigenvalue weighted by molar-refractivity contribution is -0.126. The summed E-state index contributed by atoms with van der Waals surface area (Å²) in [4.78, 5) is 26.8. The van der Waals surface area contributed by atoms with Crippen LogP contribution in [0.1, 0.15) is 34.5 Å². The third kappa shape index (κ3) is 6.55. The van der Waals surface area contributed by atoms with E-state index in [1.54, 1.807) is 42.3 Å². The van der Waals surface area contributed by atoms with Gasteiger partial charge in [-0.25, -0.2) is 0 Å². The maximum atomic E-state index is 12.7. The minimum atomic E-state index is -0.197. The van der Waals surface area contributed by atoms with Crippen molar-refractivity contribution in [2.45, 2.75) is 13.0 Å². The number of nitrogens with one attached hydrogen (secondary N) is 1. The van der Waals surface area contributed by atoms with Crippen molar-refractivity contribution < 1.29 is 14.3 Å². The first-order valence-electron chi connectivity index (χ1n) is 10.5. The van der Waals surface area contributed by atoms with Gasteiger partial charge in [-0.2, -0.15) is 5.26 Å². The van der Waals surface area contributed by atoms with Crippen molar-refractivity contribution in [3.05, 3.63) is 102 Å². The van der Waals surface area contributed by atoms with E-state index in [-0.39, 0.29) is 24.5 Å². The van der Waals surface area contributed by atoms with Crippen molar-refractivity contribution in [2.24, 2.45) is 0 Å². The van der Waals surface area contributed by atoms with Gasteiger partial charge in [0, 0.05) is 24.4 Å². The fourth-order valence-corrected chi connectivity index (χ4v) is 3.16. The molecule has 0 spiro atoms. The number of nitrogens with zero attached hydrogens (tertiary/aromatic N) is 2. The van der Waals surface area contributed by atoms with Gasteiger partial charge >= 0.3 is 0 Å². The SMILES string of the molecule is CC(c1cccc(NC(=O)c2ccccc2)c1)N(C)C(=O)/C=C/c1ccc(OCC#N)cc1. The second-order valence-electron chi connectivity index (χ2n) is 7.42. The third-order valence-corrected chi connectivity index (χ3v) is 5.19. The lowest BCUT2D eigenvalue weighted by atomic mass is 10.1. The van der Waals surface area contributed by atoms with Crippen molar-refractivity contribution >= 4 is 23.6 Å². The largest absolute Gasteiger partial charge is 0.479 e. The molecule has 0 bridgehead atoms. The summed E-state index contributed by atoms with van der Waals surface area (Å²) in [6.45, 7) is 1.93. The fraction of sp³-hybridized carbons (Fsp3) is 0.148. The number of carbonyl (C=O) groups excluding carboxylic acids is 2. The smallest absolute Gasteiger partial charge is 0.255 e. The average Bonchev–Trinajstić information content (AvgIpc) is 2.86. The predicted molar refractivity (Wildman–Crippen MR) is 129 cm³/mol. The minimum absolute atomic E-state index is 0.00646. The first kappa shape index (κ1) is 23.3. The monoisotopic (exact) mass is 439 g/mol. The van der Waals surface area contributed by atoms with Crippen LogP contribution < -0.4 is 10.1 Å². The Hall–Kier alpha value is -4.37. The number of likely N-dealkylation sites (N-methyl/N-ethyl adjacent to an activating group) is 1. The molecule has 0 saturated heterocycles. The van der Waals surface area contributed by atoms with E-state index in [0.717, 1.165) is 11.1 Å². The zero-order valence-electron chi connectivity index (χ0n) is 18.6. The Morgan fingerprint density at radius 3 is 2.48 bits per heavy atom. The molecule has 6 nitrogen and oxygen atoms in total. The molecule has 0 saturated carbocycles. The van der Waals surface area contributed by atoms with Gasteiger partial charge in [-0.1, -0.05) is 42.5 Å². The highest BCUT2D eigenvalue weighted by atomic mass is 16.5. The van der Waals surface area contributed by atoms with Crippen LogP contribution in [0.2, 0.25) is 0 Å². The molecule has 0 aliphatic heterocycles. The average molecular weight is 440 g/mol. The first-order chi connectivity index (χ1) is 16.0. The van der Waals surface area contributed by atoms with Crippen molar-refractivity contribution in [1.82, 2.24) is 4.90 Å². The molecule has 0 heterocycles. The highest BCUT2D eigenvalue weighted by Crippen LogP contribution is 2.23. The number of anilines is 1. The third-order valence-electron chi connectivity index (χ3n) is 5.19. The number of hydrogen-bond acceptors (Lipinski definition) is 4. The maximum absolute atomic E-state index is 12.7. The highest BCUT2D eigenvalue weighted by molar-refractivity contribution is 6.04. The zero-order chi connectivity index (χ0) is 23.6. The van der Waals surface area contributed by atoms with Gasteiger partial charge in [0.2, 0.25) is 5.91 Å². The Morgan fingerprint density at radius 2 is 1.79 bits per heavy atom. The number of carbonyl (C=O) groups is 2. The zero-order valence-corrected chi connectivity index (χ0v) is 18.6. The molecule has 0 aliphatic rings. The van der Waals surface area contributed by atoms with Crippen molar-refractivity contribution in [2.75, 3.05) is 19.0 Å². The Bertz CT molecular complexity index is 1170. The second kappa shape index (κ2) is 11.3. The summed E-state index contributed by atoms with van der Waals surface area (Å²) in [7, 11) is 1.74. The standard InChI is InChI=1S/C27H25N3O3/c1-20(23-9-6-10-24(19-23)29-27(32)22-7-4-3-5-8-22)30(2)26(31)16-13-21-11-14-25(15-12-21)33-18-17-28/h3-16,19-20H,18H2,1-2H3,(H,29,32)/b16-13+. The maximum Gasteiger partial charge on any atom is 0.255 e. The van der Waals surface area contributed by atoms with Gasteiger partial charge in [0.15, 0.2) is 6.61 Å². The molecule has 0 radical (unpaired) electrons. The summed E-state index contributed by atoms with van der Waals surface area (Å²) in [5, 5.41) is 11.5. The van der Waals surface area contributed by atoms with Crippen LogP contribution in [0.5, 0.6) is 5.75 Å². The van der Waals surface area contributed by atoms with Crippen LogP contribution in [-0.4, -0.2) is 30.4 Å². The summed E-state index contributed by atoms with van der Waals surface area (Å²) in [6, 6.07) is 25.4. The van der Waals surface area contributed by atoms with Crippen LogP contribution in [0, 0.1) is 11.3 Å². The Morgan fingerprint density at radius 1 is 1.06 bits per heavy atom. The van der Waals surface area contributed by atoms with E-state index in [1.165, 1.54) is 6.08 Å². The van der Waals surface area contributed by atoms with E-state index in [1.807, 2.05) is 67.6 Å². The van der Waals surface area contributed by atoms with Crippen LogP contribution >= 0.6 is 0 Å². The lowest BCUT2D eigenvalue weighted by Crippen LogP contribution is -2.28. The Kier molecular flexibility index (Phi) is 7.98. The number of benzene rings is 3. The molecule has 1 atom stereocenters. The summed E-state index contributed by atoms with van der Waals surface area (Å²) >= 11 is 0. The second-order valence-corrected chi connectivity index (χ2v) is 7.42. The summed E-state index contributed by atoms with van der Waals surface area (Å²) in [5.41, 5.74) is 3.00. The molecule has 6 heteroatoms. The van der Waals surface area contributed by atoms with Gasteiger partial charge in [-0.15, -0.1) is 0 Å². The van der Waals surface area contributed by atoms with Gasteiger partial charge in [0.25, 0.3) is 5.91 Å². The van der Waals surface area contributed by atoms with Gasteiger partial charge in [-0.3, -0.25) is 9.59 Å². The van der Waals surface area contributed by atoms with Crippen LogP contribution in [-0.2, 0) is 4.79 Å². The molecular formula is C27H25N3O3. The molecule has 1 N–H and O–H groups in total. The summed E-state index contributed by atoms with van der Waals surface area (Å²) < 4.78 is 5.23. The van der Waals surface area contributed by atoms with Crippen LogP contribution in [0.25, 0.3) is 6.08 Å². The van der Waals surface area contributed by atoms with Crippen LogP contribution in [0.3, 0.4) is 0 Å². The number of nitriles is 1. The van der Waals surface area contributed by atoms with E-state index < -0.39 is 0 Å². The van der Waals surface area contributed by atoms with Crippen LogP contribution in [0.4, 0.5) is 5.69 Å². The Balaban J connectivity index is 1.63. The molecule has 1 unspecified atom stereocenters. The van der Waals surface area contributed by atoms with Crippen molar-refractivity contribution in [3.8, 4) is 11.8 Å². The van der Waals surface area contributed by atoms with E-state index in [0.29, 0.717) is 17.0 Å². The lowest BCUT2D eigenvalue weighted by Gasteiger charge is -2.24. The number of ether oxygens (including phenoxy) is 1. The van der Waals surface area contributed by atoms with Gasteiger partial charge in [0.05, 0.1) is 6.04 Å². The highest BCUT2D eigenvalue weighted by Gasteiger charge is 2.16. The van der Waals surface area contributed by atoms with E-state index >= 15 is 0 Å². The van der Waals surface area contributed by atoms with Gasteiger partial charge in [-0.05, 0) is 60.5 Å². The number of amides is 2.